The number of hydrogen-bond donors (Lipinski definition) is 1. The van der Waals surface area contributed by atoms with Crippen LogP contribution >= 0.6 is 0 Å². The van der Waals surface area contributed by atoms with Crippen LogP contribution in [0.4, 0.5) is 0 Å². The Kier molecular flexibility index (Phi) is 5.86. The number of Topliss-reactive ketones (excluding diaryl/α,β-unsaturated/α-hetero) is 1. The first-order valence-corrected chi connectivity index (χ1v) is 10.9. The summed E-state index contributed by atoms with van der Waals surface area (Å²) in [5, 5.41) is 3.55. The molecule has 158 valence electrons. The molecule has 30 heavy (non-hydrogen) atoms. The molecule has 0 bridgehead atoms. The van der Waals surface area contributed by atoms with E-state index < -0.39 is 5.54 Å². The number of imidazole rings is 1. The van der Waals surface area contributed by atoms with Crippen LogP contribution in [0.25, 0.3) is 5.65 Å². The van der Waals surface area contributed by atoms with E-state index in [1.165, 1.54) is 0 Å². The van der Waals surface area contributed by atoms with E-state index in [1.54, 1.807) is 0 Å². The predicted molar refractivity (Wildman–Crippen MR) is 117 cm³/mol. The summed E-state index contributed by atoms with van der Waals surface area (Å²) >= 11 is 0. The van der Waals surface area contributed by atoms with E-state index in [0.29, 0.717) is 24.5 Å². The van der Waals surface area contributed by atoms with Crippen LogP contribution < -0.4 is 10.1 Å². The lowest BCUT2D eigenvalue weighted by molar-refractivity contribution is 0.0799. The SMILES string of the molecule is CCCOc1ccc(C)nc1C(=O)[C@@]1(Cc2cn3cccc(C)c3n2)CCCCN1. The number of aromatic nitrogens is 3. The topological polar surface area (TPSA) is 68.5 Å². The number of pyridine rings is 2. The van der Waals surface area contributed by atoms with Crippen molar-refractivity contribution in [1.29, 1.82) is 0 Å². The van der Waals surface area contributed by atoms with Gasteiger partial charge in [0.05, 0.1) is 17.8 Å². The molecule has 6 nitrogen and oxygen atoms in total. The molecule has 1 atom stereocenters. The number of ether oxygens (including phenoxy) is 1. The highest BCUT2D eigenvalue weighted by Gasteiger charge is 2.42. The molecule has 4 rings (SSSR count). The van der Waals surface area contributed by atoms with Gasteiger partial charge in [0.1, 0.15) is 11.4 Å². The van der Waals surface area contributed by atoms with Crippen LogP contribution in [0, 0.1) is 13.8 Å². The summed E-state index contributed by atoms with van der Waals surface area (Å²) in [6.07, 6.45) is 8.29. The van der Waals surface area contributed by atoms with Crippen molar-refractivity contribution < 1.29 is 9.53 Å². The van der Waals surface area contributed by atoms with Crippen LogP contribution in [0.3, 0.4) is 0 Å². The van der Waals surface area contributed by atoms with E-state index in [2.05, 4.69) is 30.2 Å². The van der Waals surface area contributed by atoms with E-state index in [0.717, 1.165) is 54.8 Å². The van der Waals surface area contributed by atoms with Crippen molar-refractivity contribution in [3.63, 3.8) is 0 Å². The molecule has 0 aliphatic carbocycles. The molecule has 1 aliphatic heterocycles. The van der Waals surface area contributed by atoms with Crippen LogP contribution in [0.15, 0.2) is 36.7 Å². The Labute approximate surface area is 177 Å². The van der Waals surface area contributed by atoms with E-state index in [9.17, 15) is 4.79 Å². The molecule has 1 fully saturated rings. The summed E-state index contributed by atoms with van der Waals surface area (Å²) < 4.78 is 7.92. The van der Waals surface area contributed by atoms with Gasteiger partial charge in [-0.15, -0.1) is 0 Å². The van der Waals surface area contributed by atoms with Crippen LogP contribution in [-0.2, 0) is 6.42 Å². The second-order valence-electron chi connectivity index (χ2n) is 8.27. The van der Waals surface area contributed by atoms with Crippen LogP contribution in [0.1, 0.15) is 60.0 Å². The molecule has 3 aromatic heterocycles. The van der Waals surface area contributed by atoms with Gasteiger partial charge in [0.2, 0.25) is 5.78 Å². The summed E-state index contributed by atoms with van der Waals surface area (Å²) in [5.41, 5.74) is 3.50. The minimum atomic E-state index is -0.713. The molecule has 3 aromatic rings. The Morgan fingerprint density at radius 3 is 2.83 bits per heavy atom. The average Bonchev–Trinajstić information content (AvgIpc) is 3.16. The third kappa shape index (κ3) is 3.97. The monoisotopic (exact) mass is 406 g/mol. The number of nitrogens with zero attached hydrogens (tertiary/aromatic N) is 3. The molecule has 1 saturated heterocycles. The Balaban J connectivity index is 1.72. The third-order valence-corrected chi connectivity index (χ3v) is 5.81. The van der Waals surface area contributed by atoms with Gasteiger partial charge >= 0.3 is 0 Å². The zero-order chi connectivity index (χ0) is 21.1. The lowest BCUT2D eigenvalue weighted by Gasteiger charge is -2.36. The molecule has 4 heterocycles. The highest BCUT2D eigenvalue weighted by molar-refractivity contribution is 6.04. The zero-order valence-electron chi connectivity index (χ0n) is 18.1. The minimum Gasteiger partial charge on any atom is -0.491 e. The quantitative estimate of drug-likeness (QED) is 0.599. The van der Waals surface area contributed by atoms with Gasteiger partial charge in [-0.2, -0.15) is 0 Å². The molecular formula is C24H30N4O2. The van der Waals surface area contributed by atoms with Gasteiger partial charge in [-0.3, -0.25) is 4.79 Å². The number of aryl methyl sites for hydroxylation is 2. The van der Waals surface area contributed by atoms with Crippen LogP contribution in [0.2, 0.25) is 0 Å². The van der Waals surface area contributed by atoms with Crippen LogP contribution in [0.5, 0.6) is 5.75 Å². The normalized spacial score (nSPS) is 19.2. The molecule has 0 unspecified atom stereocenters. The second kappa shape index (κ2) is 8.56. The van der Waals surface area contributed by atoms with Crippen molar-refractivity contribution in [2.24, 2.45) is 0 Å². The number of carbonyl (C=O) groups excluding carboxylic acids is 1. The maximum atomic E-state index is 13.9. The van der Waals surface area contributed by atoms with Crippen LogP contribution in [-0.4, -0.2) is 38.8 Å². The van der Waals surface area contributed by atoms with Gasteiger partial charge < -0.3 is 14.5 Å². The number of fused-ring (bicyclic) bond motifs is 1. The highest BCUT2D eigenvalue weighted by Crippen LogP contribution is 2.31. The summed E-state index contributed by atoms with van der Waals surface area (Å²) in [5.74, 6) is 0.579. The average molecular weight is 407 g/mol. The van der Waals surface area contributed by atoms with E-state index >= 15 is 0 Å². The third-order valence-electron chi connectivity index (χ3n) is 5.81. The van der Waals surface area contributed by atoms with Gasteiger partial charge in [0.15, 0.2) is 5.69 Å². The zero-order valence-corrected chi connectivity index (χ0v) is 18.1. The molecule has 0 aromatic carbocycles. The van der Waals surface area contributed by atoms with Gasteiger partial charge in [0, 0.05) is 24.5 Å². The van der Waals surface area contributed by atoms with Gasteiger partial charge in [-0.1, -0.05) is 13.0 Å². The number of nitrogens with one attached hydrogen (secondary N) is 1. The Morgan fingerprint density at radius 2 is 2.10 bits per heavy atom. The predicted octanol–water partition coefficient (Wildman–Crippen LogP) is 4.07. The maximum absolute atomic E-state index is 13.9. The molecule has 6 heteroatoms. The number of ketones is 1. The Morgan fingerprint density at radius 1 is 1.23 bits per heavy atom. The second-order valence-corrected chi connectivity index (χ2v) is 8.27. The first kappa shape index (κ1) is 20.5. The fourth-order valence-electron chi connectivity index (χ4n) is 4.25. The molecule has 0 saturated carbocycles. The lowest BCUT2D eigenvalue weighted by Crippen LogP contribution is -2.56. The Hall–Kier alpha value is -2.73. The molecule has 0 spiro atoms. The van der Waals surface area contributed by atoms with Crippen molar-refractivity contribution in [2.75, 3.05) is 13.2 Å². The number of carbonyl (C=O) groups is 1. The lowest BCUT2D eigenvalue weighted by atomic mass is 9.79. The van der Waals surface area contributed by atoms with Crippen molar-refractivity contribution >= 4 is 11.4 Å². The minimum absolute atomic E-state index is 0.00535. The largest absolute Gasteiger partial charge is 0.491 e. The fraction of sp³-hybridized carbons (Fsp3) is 0.458. The molecule has 0 radical (unpaired) electrons. The maximum Gasteiger partial charge on any atom is 0.205 e. The number of piperidine rings is 1. The summed E-state index contributed by atoms with van der Waals surface area (Å²) in [6.45, 7) is 7.40. The van der Waals surface area contributed by atoms with Crippen molar-refractivity contribution in [3.05, 3.63) is 59.3 Å². The summed E-state index contributed by atoms with van der Waals surface area (Å²) in [7, 11) is 0. The molecule has 1 N–H and O–H groups in total. The summed E-state index contributed by atoms with van der Waals surface area (Å²) in [4.78, 5) is 23.3. The van der Waals surface area contributed by atoms with Crippen molar-refractivity contribution in [2.45, 2.75) is 58.4 Å². The molecule has 1 aliphatic rings. The Bertz CT molecular complexity index is 1050. The number of hydrogen-bond acceptors (Lipinski definition) is 5. The van der Waals surface area contributed by atoms with Crippen molar-refractivity contribution in [1.82, 2.24) is 19.7 Å². The van der Waals surface area contributed by atoms with Gasteiger partial charge in [0.25, 0.3) is 0 Å². The molecule has 0 amide bonds. The van der Waals surface area contributed by atoms with Crippen molar-refractivity contribution in [3.8, 4) is 5.75 Å². The first-order valence-electron chi connectivity index (χ1n) is 10.9. The van der Waals surface area contributed by atoms with E-state index in [-0.39, 0.29) is 5.78 Å². The standard InChI is InChI=1S/C24H30N4O2/c1-4-14-30-20-10-9-18(3)26-21(20)22(29)24(11-5-6-12-25-24)15-19-16-28-13-7-8-17(2)23(28)27-19/h7-10,13,16,25H,4-6,11-12,14-15H2,1-3H3/t24-/m0/s1. The van der Waals surface area contributed by atoms with E-state index in [1.807, 2.05) is 41.9 Å². The van der Waals surface area contributed by atoms with Gasteiger partial charge in [-0.05, 0) is 69.8 Å². The number of rotatable bonds is 7. The fourth-order valence-corrected chi connectivity index (χ4v) is 4.25. The first-order chi connectivity index (χ1) is 14.5. The smallest absolute Gasteiger partial charge is 0.205 e. The molecular weight excluding hydrogens is 376 g/mol. The van der Waals surface area contributed by atoms with Gasteiger partial charge in [-0.25, -0.2) is 9.97 Å². The highest BCUT2D eigenvalue weighted by atomic mass is 16.5. The van der Waals surface area contributed by atoms with E-state index in [4.69, 9.17) is 9.72 Å². The summed E-state index contributed by atoms with van der Waals surface area (Å²) in [6, 6.07) is 7.84.